The van der Waals surface area contributed by atoms with Crippen LogP contribution >= 0.6 is 0 Å². The first-order valence-corrected chi connectivity index (χ1v) is 8.51. The summed E-state index contributed by atoms with van der Waals surface area (Å²) >= 11 is 0. The molecule has 128 valence electrons. The largest absolute Gasteiger partial charge is 0.396 e. The highest BCUT2D eigenvalue weighted by Gasteiger charge is 2.22. The Kier molecular flexibility index (Phi) is 5.99. The molecule has 2 rings (SSSR count). The molecule has 0 saturated carbocycles. The van der Waals surface area contributed by atoms with Crippen molar-refractivity contribution in [3.8, 4) is 0 Å². The van der Waals surface area contributed by atoms with Crippen LogP contribution in [0.25, 0.3) is 0 Å². The molecule has 0 spiro atoms. The Morgan fingerprint density at radius 1 is 1.39 bits per heavy atom. The van der Waals surface area contributed by atoms with E-state index in [1.807, 2.05) is 17.0 Å². The van der Waals surface area contributed by atoms with E-state index in [0.717, 1.165) is 44.7 Å². The number of pyridine rings is 1. The molecule has 0 radical (unpaired) electrons. The van der Waals surface area contributed by atoms with Crippen molar-refractivity contribution in [2.24, 2.45) is 11.3 Å². The Morgan fingerprint density at radius 2 is 2.09 bits per heavy atom. The van der Waals surface area contributed by atoms with Crippen molar-refractivity contribution in [2.75, 3.05) is 31.6 Å². The van der Waals surface area contributed by atoms with Crippen molar-refractivity contribution in [3.63, 3.8) is 0 Å². The minimum atomic E-state index is 0.00934. The Labute approximate surface area is 139 Å². The van der Waals surface area contributed by atoms with E-state index >= 15 is 0 Å². The van der Waals surface area contributed by atoms with Gasteiger partial charge in [0.05, 0.1) is 5.56 Å². The smallest absolute Gasteiger partial charge is 0.255 e. The van der Waals surface area contributed by atoms with Gasteiger partial charge in [-0.3, -0.25) is 4.79 Å². The lowest BCUT2D eigenvalue weighted by molar-refractivity contribution is 0.0697. The van der Waals surface area contributed by atoms with Gasteiger partial charge < -0.3 is 15.3 Å². The molecule has 0 bridgehead atoms. The van der Waals surface area contributed by atoms with Gasteiger partial charge in [0.2, 0.25) is 0 Å². The van der Waals surface area contributed by atoms with Crippen LogP contribution in [0.5, 0.6) is 0 Å². The summed E-state index contributed by atoms with van der Waals surface area (Å²) in [7, 11) is 0. The number of carbonyl (C=O) groups is 1. The van der Waals surface area contributed by atoms with E-state index in [1.165, 1.54) is 0 Å². The quantitative estimate of drug-likeness (QED) is 0.846. The van der Waals surface area contributed by atoms with Crippen LogP contribution in [0.3, 0.4) is 0 Å². The number of rotatable bonds is 6. The average molecular weight is 319 g/mol. The third kappa shape index (κ3) is 5.20. The van der Waals surface area contributed by atoms with Gasteiger partial charge >= 0.3 is 0 Å². The third-order valence-corrected chi connectivity index (χ3v) is 4.62. The molecule has 2 heterocycles. The average Bonchev–Trinajstić information content (AvgIpc) is 2.53. The molecule has 0 aromatic carbocycles. The summed E-state index contributed by atoms with van der Waals surface area (Å²) in [5.74, 6) is 1.56. The minimum absolute atomic E-state index is 0.00934. The van der Waals surface area contributed by atoms with Crippen LogP contribution in [0.2, 0.25) is 0 Å². The zero-order valence-electron chi connectivity index (χ0n) is 14.5. The van der Waals surface area contributed by atoms with Gasteiger partial charge in [0.15, 0.2) is 0 Å². The molecule has 1 saturated heterocycles. The number of aromatic nitrogens is 1. The highest BCUT2D eigenvalue weighted by atomic mass is 16.3. The molecule has 2 N–H and O–H groups in total. The Bertz CT molecular complexity index is 506. The monoisotopic (exact) mass is 319 g/mol. The van der Waals surface area contributed by atoms with Gasteiger partial charge in [0, 0.05) is 32.4 Å². The van der Waals surface area contributed by atoms with E-state index in [2.05, 4.69) is 31.1 Å². The number of nitrogens with zero attached hydrogens (tertiary/aromatic N) is 2. The second kappa shape index (κ2) is 7.77. The molecule has 0 aliphatic carbocycles. The predicted octanol–water partition coefficient (Wildman–Crippen LogP) is 2.77. The standard InChI is InChI=1S/C18H29N3O2/c1-14-6-9-21(10-7-14)17(23)15-4-5-16(19-12-15)20-13-18(2,3)8-11-22/h4-5,12,14,22H,6-11,13H2,1-3H3,(H,19,20). The normalized spacial score (nSPS) is 16.4. The van der Waals surface area contributed by atoms with Crippen molar-refractivity contribution in [1.82, 2.24) is 9.88 Å². The number of aliphatic hydroxyl groups excluding tert-OH is 1. The second-order valence-corrected chi connectivity index (χ2v) is 7.40. The molecular formula is C18H29N3O2. The van der Waals surface area contributed by atoms with Crippen LogP contribution in [0, 0.1) is 11.3 Å². The number of piperidine rings is 1. The van der Waals surface area contributed by atoms with Crippen molar-refractivity contribution >= 4 is 11.7 Å². The SMILES string of the molecule is CC1CCN(C(=O)c2ccc(NCC(C)(C)CCO)nc2)CC1. The van der Waals surface area contributed by atoms with Crippen LogP contribution in [0.1, 0.15) is 50.4 Å². The molecule has 0 atom stereocenters. The number of carbonyl (C=O) groups excluding carboxylic acids is 1. The summed E-state index contributed by atoms with van der Waals surface area (Å²) in [6.07, 6.45) is 4.56. The van der Waals surface area contributed by atoms with Gasteiger partial charge in [0.25, 0.3) is 5.91 Å². The highest BCUT2D eigenvalue weighted by molar-refractivity contribution is 5.94. The molecular weight excluding hydrogens is 290 g/mol. The van der Waals surface area contributed by atoms with Gasteiger partial charge in [-0.25, -0.2) is 4.98 Å². The van der Waals surface area contributed by atoms with E-state index < -0.39 is 0 Å². The Hall–Kier alpha value is -1.62. The fourth-order valence-corrected chi connectivity index (χ4v) is 2.74. The van der Waals surface area contributed by atoms with Crippen LogP contribution < -0.4 is 5.32 Å². The summed E-state index contributed by atoms with van der Waals surface area (Å²) in [6.45, 7) is 9.05. The molecule has 1 fully saturated rings. The van der Waals surface area contributed by atoms with Gasteiger partial charge in [0.1, 0.15) is 5.82 Å². The van der Waals surface area contributed by atoms with Gasteiger partial charge in [-0.05, 0) is 42.7 Å². The van der Waals surface area contributed by atoms with Crippen molar-refractivity contribution in [3.05, 3.63) is 23.9 Å². The van der Waals surface area contributed by atoms with Crippen molar-refractivity contribution in [2.45, 2.75) is 40.0 Å². The van der Waals surface area contributed by atoms with Crippen LogP contribution in [-0.4, -0.2) is 47.1 Å². The number of anilines is 1. The maximum atomic E-state index is 12.5. The number of likely N-dealkylation sites (tertiary alicyclic amines) is 1. The minimum Gasteiger partial charge on any atom is -0.396 e. The zero-order chi connectivity index (χ0) is 16.9. The van der Waals surface area contributed by atoms with E-state index in [9.17, 15) is 4.79 Å². The molecule has 5 heteroatoms. The fraction of sp³-hybridized carbons (Fsp3) is 0.667. The summed E-state index contributed by atoms with van der Waals surface area (Å²) < 4.78 is 0. The number of amides is 1. The maximum Gasteiger partial charge on any atom is 0.255 e. The maximum absolute atomic E-state index is 12.5. The third-order valence-electron chi connectivity index (χ3n) is 4.62. The molecule has 0 unspecified atom stereocenters. The van der Waals surface area contributed by atoms with Crippen LogP contribution in [0.4, 0.5) is 5.82 Å². The lowest BCUT2D eigenvalue weighted by atomic mass is 9.90. The van der Waals surface area contributed by atoms with Crippen molar-refractivity contribution < 1.29 is 9.90 Å². The van der Waals surface area contributed by atoms with Crippen LogP contribution in [0.15, 0.2) is 18.3 Å². The number of hydrogen-bond donors (Lipinski definition) is 2. The Morgan fingerprint density at radius 3 is 2.65 bits per heavy atom. The highest BCUT2D eigenvalue weighted by Crippen LogP contribution is 2.21. The fourth-order valence-electron chi connectivity index (χ4n) is 2.74. The van der Waals surface area contributed by atoms with Gasteiger partial charge in [-0.1, -0.05) is 20.8 Å². The molecule has 1 aliphatic heterocycles. The molecule has 5 nitrogen and oxygen atoms in total. The predicted molar refractivity (Wildman–Crippen MR) is 92.5 cm³/mol. The zero-order valence-corrected chi connectivity index (χ0v) is 14.5. The van der Waals surface area contributed by atoms with Crippen molar-refractivity contribution in [1.29, 1.82) is 0 Å². The molecule has 1 amide bonds. The Balaban J connectivity index is 1.90. The molecule has 1 aromatic heterocycles. The van der Waals surface area contributed by atoms with Gasteiger partial charge in [-0.15, -0.1) is 0 Å². The van der Waals surface area contributed by atoms with E-state index in [4.69, 9.17) is 5.11 Å². The van der Waals surface area contributed by atoms with Crippen LogP contribution in [-0.2, 0) is 0 Å². The lowest BCUT2D eigenvalue weighted by Gasteiger charge is -2.30. The molecule has 1 aromatic rings. The summed E-state index contributed by atoms with van der Waals surface area (Å²) in [5, 5.41) is 12.3. The van der Waals surface area contributed by atoms with E-state index in [1.54, 1.807) is 6.20 Å². The van der Waals surface area contributed by atoms with E-state index in [0.29, 0.717) is 11.5 Å². The van der Waals surface area contributed by atoms with E-state index in [-0.39, 0.29) is 17.9 Å². The molecule has 1 aliphatic rings. The first-order valence-electron chi connectivity index (χ1n) is 8.51. The second-order valence-electron chi connectivity index (χ2n) is 7.40. The molecule has 23 heavy (non-hydrogen) atoms. The number of nitrogens with one attached hydrogen (secondary N) is 1. The first-order chi connectivity index (χ1) is 10.9. The van der Waals surface area contributed by atoms with Gasteiger partial charge in [-0.2, -0.15) is 0 Å². The summed E-state index contributed by atoms with van der Waals surface area (Å²) in [5.41, 5.74) is 0.662. The first kappa shape index (κ1) is 17.7. The summed E-state index contributed by atoms with van der Waals surface area (Å²) in [4.78, 5) is 18.7. The lowest BCUT2D eigenvalue weighted by Crippen LogP contribution is -2.37. The number of hydrogen-bond acceptors (Lipinski definition) is 4. The summed E-state index contributed by atoms with van der Waals surface area (Å²) in [6, 6.07) is 3.70. The topological polar surface area (TPSA) is 65.5 Å². The number of aliphatic hydroxyl groups is 1.